The van der Waals surface area contributed by atoms with Crippen molar-refractivity contribution < 1.29 is 9.53 Å². The maximum absolute atomic E-state index is 13.1. The van der Waals surface area contributed by atoms with Crippen LogP contribution in [0.4, 0.5) is 5.82 Å². The highest BCUT2D eigenvalue weighted by Crippen LogP contribution is 2.55. The van der Waals surface area contributed by atoms with Crippen molar-refractivity contribution in [3.8, 4) is 17.2 Å². The van der Waals surface area contributed by atoms with E-state index in [2.05, 4.69) is 34.6 Å². The van der Waals surface area contributed by atoms with Gasteiger partial charge in [-0.2, -0.15) is 5.26 Å². The standard InChI is InChI=1S/C31H26N4O2/c1-16-5-4-6-21(14-32)28(16)19-7-9-22-24(12-19)30-25-13-20(8-10-23(25)29(22)37-30)31(36)34-15-26-17(2)11-27(33)35-18(26)3/h4-13,29-30H,15H2,1-3H3,(H2,33,35)(H,34,36). The molecule has 3 aromatic carbocycles. The van der Waals surface area contributed by atoms with Gasteiger partial charge in [0.1, 0.15) is 18.0 Å². The number of aromatic nitrogens is 1. The Morgan fingerprint density at radius 1 is 0.973 bits per heavy atom. The maximum atomic E-state index is 13.1. The average molecular weight is 487 g/mol. The molecule has 3 N–H and O–H groups in total. The quantitative estimate of drug-likeness (QED) is 0.392. The molecule has 6 rings (SSSR count). The fourth-order valence-electron chi connectivity index (χ4n) is 5.71. The molecule has 2 atom stereocenters. The van der Waals surface area contributed by atoms with Crippen molar-refractivity contribution in [3.63, 3.8) is 0 Å². The third-order valence-electron chi connectivity index (χ3n) is 7.52. The van der Waals surface area contributed by atoms with Gasteiger partial charge in [-0.05, 0) is 95.6 Å². The molecule has 37 heavy (non-hydrogen) atoms. The minimum absolute atomic E-state index is 0.139. The second-order valence-corrected chi connectivity index (χ2v) is 9.80. The van der Waals surface area contributed by atoms with Crippen LogP contribution in [0, 0.1) is 32.1 Å². The molecule has 4 aromatic rings. The topological polar surface area (TPSA) is 101 Å². The van der Waals surface area contributed by atoms with E-state index in [9.17, 15) is 10.1 Å². The third-order valence-corrected chi connectivity index (χ3v) is 7.52. The Morgan fingerprint density at radius 3 is 2.46 bits per heavy atom. The minimum Gasteiger partial charge on any atom is -0.384 e. The highest BCUT2D eigenvalue weighted by atomic mass is 16.5. The number of rotatable bonds is 4. The van der Waals surface area contributed by atoms with E-state index in [1.807, 2.05) is 63.2 Å². The van der Waals surface area contributed by atoms with Gasteiger partial charge >= 0.3 is 0 Å². The molecule has 0 fully saturated rings. The van der Waals surface area contributed by atoms with E-state index in [1.165, 1.54) is 0 Å². The van der Waals surface area contributed by atoms with Crippen molar-refractivity contribution in [3.05, 3.63) is 116 Å². The summed E-state index contributed by atoms with van der Waals surface area (Å²) in [5.74, 6) is 0.335. The lowest BCUT2D eigenvalue weighted by Crippen LogP contribution is -2.24. The zero-order valence-electron chi connectivity index (χ0n) is 20.9. The van der Waals surface area contributed by atoms with Crippen molar-refractivity contribution in [2.24, 2.45) is 0 Å². The number of hydrogen-bond acceptors (Lipinski definition) is 5. The fraction of sp³-hybridized carbons (Fsp3) is 0.194. The van der Waals surface area contributed by atoms with Gasteiger partial charge < -0.3 is 15.8 Å². The number of carbonyl (C=O) groups is 1. The first kappa shape index (κ1) is 23.0. The Morgan fingerprint density at radius 2 is 1.70 bits per heavy atom. The van der Waals surface area contributed by atoms with Crippen LogP contribution in [0.3, 0.4) is 0 Å². The molecule has 6 heteroatoms. The maximum Gasteiger partial charge on any atom is 0.251 e. The van der Waals surface area contributed by atoms with E-state index in [0.717, 1.165) is 55.8 Å². The molecule has 0 saturated carbocycles. The first-order chi connectivity index (χ1) is 17.9. The number of aryl methyl sites for hydroxylation is 3. The predicted molar refractivity (Wildman–Crippen MR) is 142 cm³/mol. The number of pyridine rings is 1. The summed E-state index contributed by atoms with van der Waals surface area (Å²) in [6, 6.07) is 22.0. The van der Waals surface area contributed by atoms with Crippen molar-refractivity contribution in [1.29, 1.82) is 5.26 Å². The summed E-state index contributed by atoms with van der Waals surface area (Å²) in [6.45, 7) is 6.28. The van der Waals surface area contributed by atoms with Crippen LogP contribution in [-0.4, -0.2) is 10.9 Å². The zero-order valence-corrected chi connectivity index (χ0v) is 20.9. The second-order valence-electron chi connectivity index (χ2n) is 9.80. The third kappa shape index (κ3) is 3.67. The van der Waals surface area contributed by atoms with Crippen LogP contribution in [-0.2, 0) is 11.3 Å². The number of fused-ring (bicyclic) bond motifs is 8. The lowest BCUT2D eigenvalue weighted by Gasteiger charge is -2.18. The van der Waals surface area contributed by atoms with Crippen LogP contribution in [0.1, 0.15) is 72.8 Å². The summed E-state index contributed by atoms with van der Waals surface area (Å²) >= 11 is 0. The summed E-state index contributed by atoms with van der Waals surface area (Å²) < 4.78 is 6.38. The Kier molecular flexibility index (Phi) is 5.32. The normalized spacial score (nSPS) is 16.7. The Bertz CT molecular complexity index is 1630. The molecule has 0 aliphatic carbocycles. The highest BCUT2D eigenvalue weighted by molar-refractivity contribution is 5.94. The smallest absolute Gasteiger partial charge is 0.251 e. The van der Waals surface area contributed by atoms with E-state index in [1.54, 1.807) is 0 Å². The number of carbonyl (C=O) groups excluding carboxylic acids is 1. The molecule has 6 nitrogen and oxygen atoms in total. The monoisotopic (exact) mass is 486 g/mol. The lowest BCUT2D eigenvalue weighted by atomic mass is 9.83. The van der Waals surface area contributed by atoms with Crippen molar-refractivity contribution in [1.82, 2.24) is 10.3 Å². The number of benzene rings is 3. The summed E-state index contributed by atoms with van der Waals surface area (Å²) in [6.07, 6.45) is -0.373. The number of nitrogens with one attached hydrogen (secondary N) is 1. The van der Waals surface area contributed by atoms with E-state index in [4.69, 9.17) is 10.5 Å². The molecular formula is C31H26N4O2. The molecule has 2 unspecified atom stereocenters. The summed E-state index contributed by atoms with van der Waals surface area (Å²) in [4.78, 5) is 17.4. The molecule has 0 radical (unpaired) electrons. The predicted octanol–water partition coefficient (Wildman–Crippen LogP) is 5.58. The SMILES string of the molecule is Cc1cc(N)nc(C)c1CNC(=O)c1ccc2c(c1)C1OC2c2ccc(-c3c(C)cccc3C#N)cc21. The number of nitrogens with two attached hydrogens (primary N) is 1. The first-order valence-corrected chi connectivity index (χ1v) is 12.3. The number of nitrogen functional groups attached to an aromatic ring is 1. The van der Waals surface area contributed by atoms with Gasteiger partial charge in [0.05, 0.1) is 11.6 Å². The fourth-order valence-corrected chi connectivity index (χ4v) is 5.71. The van der Waals surface area contributed by atoms with Crippen LogP contribution in [0.25, 0.3) is 11.1 Å². The van der Waals surface area contributed by atoms with Gasteiger partial charge in [0.2, 0.25) is 0 Å². The average Bonchev–Trinajstić information content (AvgIpc) is 3.44. The molecule has 3 heterocycles. The molecule has 182 valence electrons. The van der Waals surface area contributed by atoms with Crippen LogP contribution < -0.4 is 11.1 Å². The Labute approximate surface area is 215 Å². The number of hydrogen-bond donors (Lipinski definition) is 2. The molecule has 1 aromatic heterocycles. The minimum atomic E-state index is -0.233. The zero-order chi connectivity index (χ0) is 25.8. The molecule has 2 bridgehead atoms. The van der Waals surface area contributed by atoms with Crippen LogP contribution in [0.2, 0.25) is 0 Å². The van der Waals surface area contributed by atoms with E-state index in [0.29, 0.717) is 23.5 Å². The number of nitrogens with zero attached hydrogens (tertiary/aromatic N) is 2. The molecule has 2 aliphatic rings. The van der Waals surface area contributed by atoms with Crippen LogP contribution in [0.15, 0.2) is 60.7 Å². The molecule has 0 spiro atoms. The summed E-state index contributed by atoms with van der Waals surface area (Å²) in [5.41, 5.74) is 17.3. The number of anilines is 1. The number of amides is 1. The van der Waals surface area contributed by atoms with Gasteiger partial charge in [0.15, 0.2) is 0 Å². The second kappa shape index (κ2) is 8.58. The van der Waals surface area contributed by atoms with Crippen molar-refractivity contribution in [2.45, 2.75) is 39.5 Å². The molecular weight excluding hydrogens is 460 g/mol. The summed E-state index contributed by atoms with van der Waals surface area (Å²) in [7, 11) is 0. The van der Waals surface area contributed by atoms with Crippen molar-refractivity contribution >= 4 is 11.7 Å². The van der Waals surface area contributed by atoms with Gasteiger partial charge in [-0.15, -0.1) is 0 Å². The molecule has 2 aliphatic heterocycles. The van der Waals surface area contributed by atoms with Gasteiger partial charge in [-0.3, -0.25) is 4.79 Å². The first-order valence-electron chi connectivity index (χ1n) is 12.3. The van der Waals surface area contributed by atoms with Crippen LogP contribution in [0.5, 0.6) is 0 Å². The highest BCUT2D eigenvalue weighted by Gasteiger charge is 2.43. The lowest BCUT2D eigenvalue weighted by molar-refractivity contribution is 0.0857. The van der Waals surface area contributed by atoms with E-state index in [-0.39, 0.29) is 18.1 Å². The summed E-state index contributed by atoms with van der Waals surface area (Å²) in [5, 5.41) is 12.7. The Balaban J connectivity index is 1.29. The largest absolute Gasteiger partial charge is 0.384 e. The van der Waals surface area contributed by atoms with E-state index >= 15 is 0 Å². The van der Waals surface area contributed by atoms with Crippen LogP contribution >= 0.6 is 0 Å². The van der Waals surface area contributed by atoms with Gasteiger partial charge in [0, 0.05) is 23.4 Å². The van der Waals surface area contributed by atoms with Gasteiger partial charge in [-0.25, -0.2) is 4.98 Å². The Hall–Kier alpha value is -4.47. The van der Waals surface area contributed by atoms with E-state index < -0.39 is 0 Å². The molecule has 1 amide bonds. The van der Waals surface area contributed by atoms with Gasteiger partial charge in [0.25, 0.3) is 5.91 Å². The number of ether oxygens (including phenoxy) is 1. The number of nitriles is 1. The van der Waals surface area contributed by atoms with Gasteiger partial charge in [-0.1, -0.05) is 30.3 Å². The molecule has 0 saturated heterocycles. The van der Waals surface area contributed by atoms with Crippen molar-refractivity contribution in [2.75, 3.05) is 5.73 Å².